The van der Waals surface area contributed by atoms with E-state index < -0.39 is 10.0 Å². The van der Waals surface area contributed by atoms with Crippen molar-refractivity contribution in [3.63, 3.8) is 0 Å². The fourth-order valence-corrected chi connectivity index (χ4v) is 4.07. The Kier molecular flexibility index (Phi) is 3.39. The Bertz CT molecular complexity index is 738. The Morgan fingerprint density at radius 1 is 1.40 bits per heavy atom. The number of aromatic nitrogens is 1. The first-order valence-electron chi connectivity index (χ1n) is 6.25. The van der Waals surface area contributed by atoms with Gasteiger partial charge >= 0.3 is 0 Å². The van der Waals surface area contributed by atoms with E-state index in [1.165, 1.54) is 11.3 Å². The van der Waals surface area contributed by atoms with Crippen molar-refractivity contribution in [3.05, 3.63) is 34.8 Å². The average Bonchev–Trinajstić information content (AvgIpc) is 2.83. The molecule has 0 radical (unpaired) electrons. The van der Waals surface area contributed by atoms with Gasteiger partial charge in [-0.3, -0.25) is 4.72 Å². The molecule has 1 aromatic heterocycles. The van der Waals surface area contributed by atoms with Gasteiger partial charge in [0.2, 0.25) is 0 Å². The van der Waals surface area contributed by atoms with E-state index in [0.717, 1.165) is 29.8 Å². The summed E-state index contributed by atoms with van der Waals surface area (Å²) in [6, 6.07) is 4.96. The molecule has 0 aliphatic carbocycles. The molecule has 1 aromatic carbocycles. The summed E-state index contributed by atoms with van der Waals surface area (Å²) < 4.78 is 32.6. The molecule has 20 heavy (non-hydrogen) atoms. The Morgan fingerprint density at radius 2 is 2.25 bits per heavy atom. The molecular weight excluding hydrogens is 296 g/mol. The summed E-state index contributed by atoms with van der Waals surface area (Å²) in [4.78, 5) is 4.36. The SMILES string of the molecule is Cc1csc(NS(=O)(=O)c2ccc3c(c2)CCCO3)n1. The molecule has 0 atom stereocenters. The first kappa shape index (κ1) is 13.4. The highest BCUT2D eigenvalue weighted by atomic mass is 32.2. The molecule has 1 N–H and O–H groups in total. The Morgan fingerprint density at radius 3 is 3.00 bits per heavy atom. The quantitative estimate of drug-likeness (QED) is 0.946. The normalized spacial score (nSPS) is 14.4. The van der Waals surface area contributed by atoms with Crippen molar-refractivity contribution in [1.82, 2.24) is 4.98 Å². The minimum atomic E-state index is -3.59. The highest BCUT2D eigenvalue weighted by Crippen LogP contribution is 2.28. The van der Waals surface area contributed by atoms with Crippen LogP contribution in [0, 0.1) is 6.92 Å². The lowest BCUT2D eigenvalue weighted by Crippen LogP contribution is -2.14. The Hall–Kier alpha value is -1.60. The molecule has 106 valence electrons. The molecule has 0 spiro atoms. The van der Waals surface area contributed by atoms with Gasteiger partial charge in [-0.25, -0.2) is 13.4 Å². The number of fused-ring (bicyclic) bond motifs is 1. The van der Waals surface area contributed by atoms with E-state index in [-0.39, 0.29) is 4.90 Å². The number of anilines is 1. The summed E-state index contributed by atoms with van der Waals surface area (Å²) in [6.45, 7) is 2.51. The number of thiazole rings is 1. The molecule has 0 saturated carbocycles. The van der Waals surface area contributed by atoms with Crippen molar-refractivity contribution in [3.8, 4) is 5.75 Å². The van der Waals surface area contributed by atoms with Gasteiger partial charge in [0.15, 0.2) is 5.13 Å². The van der Waals surface area contributed by atoms with Crippen LogP contribution in [0.15, 0.2) is 28.5 Å². The van der Waals surface area contributed by atoms with Crippen LogP contribution in [0.1, 0.15) is 17.7 Å². The van der Waals surface area contributed by atoms with E-state index in [9.17, 15) is 8.42 Å². The summed E-state index contributed by atoms with van der Waals surface area (Å²) in [5, 5.41) is 2.19. The standard InChI is InChI=1S/C13H14N2O3S2/c1-9-8-19-13(14-9)15-20(16,17)11-4-5-12-10(7-11)3-2-6-18-12/h4-5,7-8H,2-3,6H2,1H3,(H,14,15). The third-order valence-corrected chi connectivity index (χ3v) is 5.37. The molecule has 0 saturated heterocycles. The van der Waals surface area contributed by atoms with Crippen molar-refractivity contribution in [1.29, 1.82) is 0 Å². The zero-order valence-corrected chi connectivity index (χ0v) is 12.6. The van der Waals surface area contributed by atoms with Crippen molar-refractivity contribution in [2.75, 3.05) is 11.3 Å². The van der Waals surface area contributed by atoms with E-state index in [4.69, 9.17) is 4.74 Å². The van der Waals surface area contributed by atoms with E-state index >= 15 is 0 Å². The maximum atomic E-state index is 12.3. The zero-order valence-electron chi connectivity index (χ0n) is 10.9. The summed E-state index contributed by atoms with van der Waals surface area (Å²) >= 11 is 1.27. The molecule has 3 rings (SSSR count). The van der Waals surface area contributed by atoms with E-state index in [0.29, 0.717) is 11.7 Å². The largest absolute Gasteiger partial charge is 0.493 e. The van der Waals surface area contributed by atoms with E-state index in [1.807, 2.05) is 6.92 Å². The van der Waals surface area contributed by atoms with Gasteiger partial charge in [0.05, 0.1) is 17.2 Å². The van der Waals surface area contributed by atoms with Gasteiger partial charge in [-0.1, -0.05) is 0 Å². The maximum absolute atomic E-state index is 12.3. The van der Waals surface area contributed by atoms with Crippen LogP contribution in [0.3, 0.4) is 0 Å². The minimum absolute atomic E-state index is 0.245. The highest BCUT2D eigenvalue weighted by Gasteiger charge is 2.19. The molecule has 1 aliphatic rings. The first-order valence-corrected chi connectivity index (χ1v) is 8.61. The van der Waals surface area contributed by atoms with Crippen LogP contribution in [-0.2, 0) is 16.4 Å². The number of rotatable bonds is 3. The molecule has 0 bridgehead atoms. The average molecular weight is 310 g/mol. The maximum Gasteiger partial charge on any atom is 0.263 e. The number of ether oxygens (including phenoxy) is 1. The van der Waals surface area contributed by atoms with Crippen LogP contribution >= 0.6 is 11.3 Å². The highest BCUT2D eigenvalue weighted by molar-refractivity contribution is 7.93. The van der Waals surface area contributed by atoms with Crippen LogP contribution in [0.25, 0.3) is 0 Å². The molecule has 5 nitrogen and oxygen atoms in total. The first-order chi connectivity index (χ1) is 9.54. The molecular formula is C13H14N2O3S2. The van der Waals surface area contributed by atoms with Crippen molar-refractivity contribution in [2.45, 2.75) is 24.7 Å². The predicted octanol–water partition coefficient (Wildman–Crippen LogP) is 2.58. The predicted molar refractivity (Wildman–Crippen MR) is 77.9 cm³/mol. The van der Waals surface area contributed by atoms with Gasteiger partial charge in [-0.2, -0.15) is 0 Å². The van der Waals surface area contributed by atoms with Crippen molar-refractivity contribution >= 4 is 26.5 Å². The molecule has 0 unspecified atom stereocenters. The third-order valence-electron chi connectivity index (χ3n) is 3.03. The second kappa shape index (κ2) is 5.06. The van der Waals surface area contributed by atoms with Crippen molar-refractivity contribution in [2.24, 2.45) is 0 Å². The van der Waals surface area contributed by atoms with Gasteiger partial charge in [0, 0.05) is 5.38 Å². The van der Waals surface area contributed by atoms with Crippen LogP contribution < -0.4 is 9.46 Å². The summed E-state index contributed by atoms with van der Waals surface area (Å²) in [5.74, 6) is 0.778. The van der Waals surface area contributed by atoms with Crippen LogP contribution in [0.2, 0.25) is 0 Å². The van der Waals surface area contributed by atoms with Crippen LogP contribution in [0.4, 0.5) is 5.13 Å². The van der Waals surface area contributed by atoms with Gasteiger partial charge in [-0.15, -0.1) is 11.3 Å². The number of benzene rings is 1. The van der Waals surface area contributed by atoms with Gasteiger partial charge < -0.3 is 4.74 Å². The monoisotopic (exact) mass is 310 g/mol. The Labute approximate surface area is 121 Å². The van der Waals surface area contributed by atoms with Gasteiger partial charge in [-0.05, 0) is 43.5 Å². The lowest BCUT2D eigenvalue weighted by atomic mass is 10.1. The summed E-state index contributed by atoms with van der Waals surface area (Å²) in [6.07, 6.45) is 1.75. The third kappa shape index (κ3) is 2.64. The number of hydrogen-bond donors (Lipinski definition) is 1. The van der Waals surface area contributed by atoms with Gasteiger partial charge in [0.1, 0.15) is 5.75 Å². The molecule has 2 heterocycles. The number of nitrogens with zero attached hydrogens (tertiary/aromatic N) is 1. The second-order valence-corrected chi connectivity index (χ2v) is 7.16. The number of aryl methyl sites for hydroxylation is 2. The number of hydrogen-bond acceptors (Lipinski definition) is 5. The molecule has 0 amide bonds. The lowest BCUT2D eigenvalue weighted by molar-refractivity contribution is 0.288. The van der Waals surface area contributed by atoms with Crippen LogP contribution in [0.5, 0.6) is 5.75 Å². The fraction of sp³-hybridized carbons (Fsp3) is 0.308. The summed E-state index contributed by atoms with van der Waals surface area (Å²) in [5.41, 5.74) is 1.74. The van der Waals surface area contributed by atoms with E-state index in [1.54, 1.807) is 23.6 Å². The smallest absolute Gasteiger partial charge is 0.263 e. The van der Waals surface area contributed by atoms with Gasteiger partial charge in [0.25, 0.3) is 10.0 Å². The summed E-state index contributed by atoms with van der Waals surface area (Å²) in [7, 11) is -3.59. The topological polar surface area (TPSA) is 68.3 Å². The minimum Gasteiger partial charge on any atom is -0.493 e. The second-order valence-electron chi connectivity index (χ2n) is 4.62. The molecule has 0 fully saturated rings. The zero-order chi connectivity index (χ0) is 14.2. The van der Waals surface area contributed by atoms with Crippen molar-refractivity contribution < 1.29 is 13.2 Å². The molecule has 7 heteroatoms. The number of sulfonamides is 1. The van der Waals surface area contributed by atoms with E-state index in [2.05, 4.69) is 9.71 Å². The lowest BCUT2D eigenvalue weighted by Gasteiger charge is -2.17. The number of nitrogens with one attached hydrogen (secondary N) is 1. The molecule has 2 aromatic rings. The molecule has 1 aliphatic heterocycles. The van der Waals surface area contributed by atoms with Crippen LogP contribution in [-0.4, -0.2) is 20.0 Å². The fourth-order valence-electron chi connectivity index (χ4n) is 2.08. The Balaban J connectivity index is 1.91.